The summed E-state index contributed by atoms with van der Waals surface area (Å²) in [6, 6.07) is 11.1. The molecule has 0 heterocycles. The number of halogens is 1. The Hall–Kier alpha value is -1.54. The second kappa shape index (κ2) is 8.23. The summed E-state index contributed by atoms with van der Waals surface area (Å²) in [7, 11) is -3.71. The summed E-state index contributed by atoms with van der Waals surface area (Å²) in [5.41, 5.74) is 0.712. The number of nitrogens with one attached hydrogen (secondary N) is 2. The lowest BCUT2D eigenvalue weighted by molar-refractivity contribution is 0.102. The van der Waals surface area contributed by atoms with Crippen molar-refractivity contribution < 1.29 is 13.2 Å². The van der Waals surface area contributed by atoms with Crippen molar-refractivity contribution in [3.05, 3.63) is 53.1 Å². The lowest BCUT2D eigenvalue weighted by Gasteiger charge is -2.12. The van der Waals surface area contributed by atoms with Gasteiger partial charge in [-0.05, 0) is 56.5 Å². The SMILES string of the molecule is CSc1cccc(NC(=O)c2cc(S(=O)(=O)NC(C)C)ccc2Cl)c1. The van der Waals surface area contributed by atoms with E-state index in [0.29, 0.717) is 5.69 Å². The first-order valence-corrected chi connectivity index (χ1v) is 10.6. The molecule has 0 saturated carbocycles. The van der Waals surface area contributed by atoms with Crippen LogP contribution in [0, 0.1) is 0 Å². The highest BCUT2D eigenvalue weighted by Crippen LogP contribution is 2.23. The van der Waals surface area contributed by atoms with Crippen LogP contribution in [0.15, 0.2) is 52.3 Å². The minimum atomic E-state index is -3.71. The topological polar surface area (TPSA) is 75.3 Å². The number of carbonyl (C=O) groups excluding carboxylic acids is 1. The smallest absolute Gasteiger partial charge is 0.257 e. The molecule has 0 aromatic heterocycles. The summed E-state index contributed by atoms with van der Waals surface area (Å²) in [6.45, 7) is 3.44. The molecule has 0 aliphatic carbocycles. The van der Waals surface area contributed by atoms with Crippen molar-refractivity contribution in [1.29, 1.82) is 0 Å². The highest BCUT2D eigenvalue weighted by molar-refractivity contribution is 7.98. The number of amides is 1. The third-order valence-corrected chi connectivity index (χ3v) is 5.92. The molecular formula is C17H19ClN2O3S2. The fourth-order valence-corrected chi connectivity index (χ4v) is 4.06. The van der Waals surface area contributed by atoms with E-state index in [0.717, 1.165) is 4.90 Å². The number of rotatable bonds is 6. The summed E-state index contributed by atoms with van der Waals surface area (Å²) in [5.74, 6) is -0.468. The zero-order chi connectivity index (χ0) is 18.6. The molecule has 1 amide bonds. The van der Waals surface area contributed by atoms with Gasteiger partial charge >= 0.3 is 0 Å². The first-order valence-electron chi connectivity index (χ1n) is 7.50. The van der Waals surface area contributed by atoms with Crippen LogP contribution in [0.4, 0.5) is 5.69 Å². The molecule has 0 bridgehead atoms. The zero-order valence-electron chi connectivity index (χ0n) is 14.0. The van der Waals surface area contributed by atoms with Gasteiger partial charge in [-0.25, -0.2) is 13.1 Å². The van der Waals surface area contributed by atoms with E-state index in [1.54, 1.807) is 31.7 Å². The van der Waals surface area contributed by atoms with Crippen LogP contribution in [-0.2, 0) is 10.0 Å². The molecule has 5 nitrogen and oxygen atoms in total. The predicted octanol–water partition coefficient (Wildman–Crippen LogP) is 4.00. The highest BCUT2D eigenvalue weighted by Gasteiger charge is 2.19. The van der Waals surface area contributed by atoms with E-state index >= 15 is 0 Å². The second-order valence-electron chi connectivity index (χ2n) is 5.60. The Kier molecular flexibility index (Phi) is 6.51. The fraction of sp³-hybridized carbons (Fsp3) is 0.235. The van der Waals surface area contributed by atoms with Gasteiger partial charge in [0.05, 0.1) is 15.5 Å². The van der Waals surface area contributed by atoms with Gasteiger partial charge in [0.15, 0.2) is 0 Å². The van der Waals surface area contributed by atoms with Crippen LogP contribution < -0.4 is 10.0 Å². The number of benzene rings is 2. The van der Waals surface area contributed by atoms with Crippen LogP contribution in [0.25, 0.3) is 0 Å². The molecule has 0 spiro atoms. The van der Waals surface area contributed by atoms with Crippen LogP contribution >= 0.6 is 23.4 Å². The number of hydrogen-bond donors (Lipinski definition) is 2. The standard InChI is InChI=1S/C17H19ClN2O3S2/c1-11(2)20-25(22,23)14-7-8-16(18)15(10-14)17(21)19-12-5-4-6-13(9-12)24-3/h4-11,20H,1-3H3,(H,19,21). The van der Waals surface area contributed by atoms with Gasteiger partial charge in [-0.1, -0.05) is 17.7 Å². The molecular weight excluding hydrogens is 380 g/mol. The molecule has 0 saturated heterocycles. The Morgan fingerprint density at radius 3 is 2.52 bits per heavy atom. The maximum absolute atomic E-state index is 12.5. The molecule has 2 N–H and O–H groups in total. The molecule has 2 rings (SSSR count). The molecule has 0 atom stereocenters. The fourth-order valence-electron chi connectivity index (χ4n) is 2.12. The van der Waals surface area contributed by atoms with Gasteiger partial charge in [0.1, 0.15) is 0 Å². The van der Waals surface area contributed by atoms with Crippen LogP contribution in [0.3, 0.4) is 0 Å². The minimum Gasteiger partial charge on any atom is -0.322 e. The number of hydrogen-bond acceptors (Lipinski definition) is 4. The third kappa shape index (κ3) is 5.22. The van der Waals surface area contributed by atoms with Crippen LogP contribution in [0.2, 0.25) is 5.02 Å². The van der Waals surface area contributed by atoms with E-state index in [9.17, 15) is 13.2 Å². The summed E-state index contributed by atoms with van der Waals surface area (Å²) in [5, 5.41) is 2.92. The van der Waals surface area contributed by atoms with Crippen molar-refractivity contribution in [3.63, 3.8) is 0 Å². The van der Waals surface area contributed by atoms with Gasteiger partial charge in [-0.2, -0.15) is 0 Å². The Morgan fingerprint density at radius 2 is 1.88 bits per heavy atom. The quantitative estimate of drug-likeness (QED) is 0.721. The molecule has 25 heavy (non-hydrogen) atoms. The lowest BCUT2D eigenvalue weighted by Crippen LogP contribution is -2.30. The molecule has 134 valence electrons. The maximum Gasteiger partial charge on any atom is 0.257 e. The Bertz CT molecular complexity index is 883. The molecule has 0 radical (unpaired) electrons. The van der Waals surface area contributed by atoms with Gasteiger partial charge in [0.2, 0.25) is 10.0 Å². The number of thioether (sulfide) groups is 1. The number of sulfonamides is 1. The summed E-state index contributed by atoms with van der Waals surface area (Å²) in [4.78, 5) is 13.5. The van der Waals surface area contributed by atoms with Gasteiger partial charge < -0.3 is 5.32 Å². The maximum atomic E-state index is 12.5. The van der Waals surface area contributed by atoms with Gasteiger partial charge in [0.25, 0.3) is 5.91 Å². The molecule has 0 unspecified atom stereocenters. The zero-order valence-corrected chi connectivity index (χ0v) is 16.4. The van der Waals surface area contributed by atoms with E-state index in [4.69, 9.17) is 11.6 Å². The van der Waals surface area contributed by atoms with E-state index in [1.807, 2.05) is 24.5 Å². The van der Waals surface area contributed by atoms with E-state index < -0.39 is 15.9 Å². The normalized spacial score (nSPS) is 11.6. The first-order chi connectivity index (χ1) is 11.7. The molecule has 8 heteroatoms. The highest BCUT2D eigenvalue weighted by atomic mass is 35.5. The largest absolute Gasteiger partial charge is 0.322 e. The number of anilines is 1. The second-order valence-corrected chi connectivity index (χ2v) is 8.60. The lowest BCUT2D eigenvalue weighted by atomic mass is 10.2. The van der Waals surface area contributed by atoms with Crippen molar-refractivity contribution in [2.45, 2.75) is 29.7 Å². The van der Waals surface area contributed by atoms with E-state index in [-0.39, 0.29) is 21.5 Å². The van der Waals surface area contributed by atoms with Crippen molar-refractivity contribution in [3.8, 4) is 0 Å². The summed E-state index contributed by atoms with van der Waals surface area (Å²) >= 11 is 7.65. The Labute approximate surface area is 157 Å². The van der Waals surface area contributed by atoms with Crippen molar-refractivity contribution in [2.24, 2.45) is 0 Å². The van der Waals surface area contributed by atoms with Gasteiger partial charge in [0, 0.05) is 16.6 Å². The van der Waals surface area contributed by atoms with E-state index in [2.05, 4.69) is 10.0 Å². The first kappa shape index (κ1) is 19.8. The molecule has 2 aromatic carbocycles. The van der Waals surface area contributed by atoms with Crippen LogP contribution in [-0.4, -0.2) is 26.6 Å². The summed E-state index contributed by atoms with van der Waals surface area (Å²) < 4.78 is 27.0. The molecule has 0 aliphatic rings. The summed E-state index contributed by atoms with van der Waals surface area (Å²) in [6.07, 6.45) is 1.94. The van der Waals surface area contributed by atoms with Crippen LogP contribution in [0.1, 0.15) is 24.2 Å². The molecule has 0 fully saturated rings. The van der Waals surface area contributed by atoms with Crippen molar-refractivity contribution in [1.82, 2.24) is 4.72 Å². The third-order valence-electron chi connectivity index (χ3n) is 3.21. The van der Waals surface area contributed by atoms with Gasteiger partial charge in [-0.3, -0.25) is 4.79 Å². The van der Waals surface area contributed by atoms with Gasteiger partial charge in [-0.15, -0.1) is 11.8 Å². The number of carbonyl (C=O) groups is 1. The Balaban J connectivity index is 2.32. The van der Waals surface area contributed by atoms with Crippen molar-refractivity contribution >= 4 is 45.0 Å². The predicted molar refractivity (Wildman–Crippen MR) is 103 cm³/mol. The van der Waals surface area contributed by atoms with Crippen LogP contribution in [0.5, 0.6) is 0 Å². The van der Waals surface area contributed by atoms with Crippen molar-refractivity contribution in [2.75, 3.05) is 11.6 Å². The average molecular weight is 399 g/mol. The minimum absolute atomic E-state index is 0.00591. The molecule has 0 aliphatic heterocycles. The monoisotopic (exact) mass is 398 g/mol. The molecule has 2 aromatic rings. The average Bonchev–Trinajstić information content (AvgIpc) is 2.54. The van der Waals surface area contributed by atoms with E-state index in [1.165, 1.54) is 18.2 Å². The Morgan fingerprint density at radius 1 is 1.16 bits per heavy atom.